The Labute approximate surface area is 209 Å². The van der Waals surface area contributed by atoms with Crippen LogP contribution in [-0.4, -0.2) is 15.7 Å². The fourth-order valence-electron chi connectivity index (χ4n) is 6.14. The molecule has 2 aliphatic carbocycles. The van der Waals surface area contributed by atoms with Crippen molar-refractivity contribution in [2.45, 2.75) is 48.9 Å². The van der Waals surface area contributed by atoms with Gasteiger partial charge in [-0.3, -0.25) is 14.2 Å². The van der Waals surface area contributed by atoms with Crippen LogP contribution in [0.1, 0.15) is 41.2 Å². The minimum Gasteiger partial charge on any atom is -0.325 e. The molecule has 7 heteroatoms. The SMILES string of the molecule is Cc1ccc(NC(=O)Cn2c3c(sc2=O)[C@H](c2cccc(Br)c2)C2C4CCC(C4)C2S3)cc1. The van der Waals surface area contributed by atoms with Crippen molar-refractivity contribution < 1.29 is 4.79 Å². The molecule has 0 spiro atoms. The van der Waals surface area contributed by atoms with Gasteiger partial charge in [0.2, 0.25) is 5.91 Å². The van der Waals surface area contributed by atoms with Crippen LogP contribution in [0, 0.1) is 24.7 Å². The number of rotatable bonds is 4. The van der Waals surface area contributed by atoms with Crippen LogP contribution in [0.25, 0.3) is 0 Å². The van der Waals surface area contributed by atoms with Gasteiger partial charge in [0.1, 0.15) is 6.54 Å². The molecular weight excluding hydrogens is 516 g/mol. The number of thiazole rings is 1. The number of amides is 1. The smallest absolute Gasteiger partial charge is 0.308 e. The van der Waals surface area contributed by atoms with E-state index in [1.54, 1.807) is 4.57 Å². The monoisotopic (exact) mass is 540 g/mol. The number of nitrogens with zero attached hydrogens (tertiary/aromatic N) is 1. The highest BCUT2D eigenvalue weighted by molar-refractivity contribution is 9.10. The standard InChI is InChI=1S/C26H25BrN2O2S2/c1-14-5-9-19(10-6-14)28-20(30)13-29-25-24(33-26(29)31)22(15-3-2-4-18(27)12-15)21-16-7-8-17(11-16)23(21)32-25/h2-6,9-10,12,16-17,21-23H,7-8,11,13H2,1H3,(H,28,30)/t16?,17?,21?,22-,23?/m1/s1. The zero-order valence-corrected chi connectivity index (χ0v) is 21.5. The molecule has 0 saturated heterocycles. The van der Waals surface area contributed by atoms with Gasteiger partial charge in [0, 0.05) is 26.2 Å². The Kier molecular flexibility index (Phi) is 5.54. The number of halogens is 1. The Morgan fingerprint density at radius 1 is 1.15 bits per heavy atom. The van der Waals surface area contributed by atoms with Crippen LogP contribution in [0.3, 0.4) is 0 Å². The molecule has 3 aliphatic rings. The van der Waals surface area contributed by atoms with Crippen LogP contribution in [0.15, 0.2) is 62.8 Å². The average Bonchev–Trinajstić information content (AvgIpc) is 3.48. The van der Waals surface area contributed by atoms with E-state index in [9.17, 15) is 9.59 Å². The fraction of sp³-hybridized carbons (Fsp3) is 0.385. The maximum Gasteiger partial charge on any atom is 0.308 e. The molecule has 2 aromatic carbocycles. The zero-order chi connectivity index (χ0) is 22.7. The number of carbonyl (C=O) groups excluding carboxylic acids is 1. The number of hydrogen-bond acceptors (Lipinski definition) is 4. The third-order valence-electron chi connectivity index (χ3n) is 7.54. The number of carbonyl (C=O) groups is 1. The summed E-state index contributed by atoms with van der Waals surface area (Å²) in [6.45, 7) is 2.08. The molecule has 33 heavy (non-hydrogen) atoms. The average molecular weight is 542 g/mol. The Morgan fingerprint density at radius 3 is 2.73 bits per heavy atom. The van der Waals surface area contributed by atoms with Gasteiger partial charge in [-0.15, -0.1) is 11.8 Å². The highest BCUT2D eigenvalue weighted by Gasteiger charge is 2.55. The predicted octanol–water partition coefficient (Wildman–Crippen LogP) is 6.27. The third-order valence-corrected chi connectivity index (χ3v) is 10.9. The van der Waals surface area contributed by atoms with Crippen molar-refractivity contribution in [1.29, 1.82) is 0 Å². The molecule has 6 rings (SSSR count). The second-order valence-corrected chi connectivity index (χ2v) is 12.6. The summed E-state index contributed by atoms with van der Waals surface area (Å²) in [6, 6.07) is 16.3. The van der Waals surface area contributed by atoms with Crippen molar-refractivity contribution in [3.05, 3.63) is 78.7 Å². The quantitative estimate of drug-likeness (QED) is 0.424. The maximum absolute atomic E-state index is 13.2. The molecule has 2 fully saturated rings. The van der Waals surface area contributed by atoms with E-state index in [1.807, 2.05) is 43.0 Å². The van der Waals surface area contributed by atoms with Crippen LogP contribution < -0.4 is 10.2 Å². The number of aryl methyl sites for hydroxylation is 1. The van der Waals surface area contributed by atoms with E-state index in [4.69, 9.17) is 0 Å². The van der Waals surface area contributed by atoms with Crippen molar-refractivity contribution >= 4 is 50.6 Å². The number of hydrogen-bond donors (Lipinski definition) is 1. The molecule has 1 aromatic heterocycles. The first kappa shape index (κ1) is 21.7. The molecule has 2 heterocycles. The lowest BCUT2D eigenvalue weighted by Crippen LogP contribution is -2.34. The summed E-state index contributed by atoms with van der Waals surface area (Å²) in [5, 5.41) is 4.50. The normalized spacial score (nSPS) is 27.3. The van der Waals surface area contributed by atoms with Crippen molar-refractivity contribution in [2.24, 2.45) is 17.8 Å². The topological polar surface area (TPSA) is 51.1 Å². The highest BCUT2D eigenvalue weighted by atomic mass is 79.9. The Morgan fingerprint density at radius 2 is 1.94 bits per heavy atom. The van der Waals surface area contributed by atoms with Gasteiger partial charge < -0.3 is 5.32 Å². The van der Waals surface area contributed by atoms with E-state index in [0.717, 1.165) is 37.5 Å². The van der Waals surface area contributed by atoms with Gasteiger partial charge in [-0.25, -0.2) is 0 Å². The molecule has 5 atom stereocenters. The predicted molar refractivity (Wildman–Crippen MR) is 138 cm³/mol. The molecular formula is C26H25BrN2O2S2. The molecule has 0 radical (unpaired) electrons. The van der Waals surface area contributed by atoms with E-state index in [0.29, 0.717) is 11.2 Å². The van der Waals surface area contributed by atoms with Gasteiger partial charge in [-0.2, -0.15) is 0 Å². The summed E-state index contributed by atoms with van der Waals surface area (Å²) in [7, 11) is 0. The first-order valence-corrected chi connectivity index (χ1v) is 14.0. The van der Waals surface area contributed by atoms with Gasteiger partial charge in [0.15, 0.2) is 0 Å². The highest BCUT2D eigenvalue weighted by Crippen LogP contribution is 2.64. The van der Waals surface area contributed by atoms with Crippen LogP contribution >= 0.6 is 39.0 Å². The largest absolute Gasteiger partial charge is 0.325 e. The number of aromatic nitrogens is 1. The summed E-state index contributed by atoms with van der Waals surface area (Å²) in [5.41, 5.74) is 3.19. The minimum absolute atomic E-state index is 0.0288. The maximum atomic E-state index is 13.2. The lowest BCUT2D eigenvalue weighted by molar-refractivity contribution is -0.116. The summed E-state index contributed by atoms with van der Waals surface area (Å²) < 4.78 is 2.80. The van der Waals surface area contributed by atoms with Crippen LogP contribution in [0.4, 0.5) is 5.69 Å². The fourth-order valence-corrected chi connectivity index (χ4v) is 9.71. The number of fused-ring (bicyclic) bond motifs is 6. The molecule has 1 amide bonds. The van der Waals surface area contributed by atoms with Crippen molar-refractivity contribution in [3.8, 4) is 0 Å². The van der Waals surface area contributed by atoms with E-state index < -0.39 is 0 Å². The summed E-state index contributed by atoms with van der Waals surface area (Å²) in [5.74, 6) is 2.11. The van der Waals surface area contributed by atoms with Crippen LogP contribution in [-0.2, 0) is 11.3 Å². The minimum atomic E-state index is -0.156. The number of anilines is 1. The molecule has 4 unspecified atom stereocenters. The number of benzene rings is 2. The second-order valence-electron chi connectivity index (χ2n) is 9.56. The first-order chi connectivity index (χ1) is 16.0. The molecule has 4 nitrogen and oxygen atoms in total. The Hall–Kier alpha value is -1.83. The van der Waals surface area contributed by atoms with Crippen LogP contribution in [0.5, 0.6) is 0 Å². The molecule has 2 bridgehead atoms. The van der Waals surface area contributed by atoms with Crippen LogP contribution in [0.2, 0.25) is 0 Å². The van der Waals surface area contributed by atoms with Gasteiger partial charge in [0.05, 0.1) is 5.03 Å². The number of nitrogens with one attached hydrogen (secondary N) is 1. The molecule has 1 aliphatic heterocycles. The van der Waals surface area contributed by atoms with Crippen molar-refractivity contribution in [1.82, 2.24) is 4.57 Å². The number of thioether (sulfide) groups is 1. The van der Waals surface area contributed by atoms with Crippen molar-refractivity contribution in [3.63, 3.8) is 0 Å². The summed E-state index contributed by atoms with van der Waals surface area (Å²) >= 11 is 6.87. The second kappa shape index (κ2) is 8.43. The van der Waals surface area contributed by atoms with E-state index in [1.165, 1.54) is 36.2 Å². The molecule has 2 saturated carbocycles. The van der Waals surface area contributed by atoms with Gasteiger partial charge >= 0.3 is 4.87 Å². The molecule has 3 aromatic rings. The van der Waals surface area contributed by atoms with E-state index >= 15 is 0 Å². The summed E-state index contributed by atoms with van der Waals surface area (Å²) in [6.07, 6.45) is 3.91. The Bertz CT molecular complexity index is 1280. The van der Waals surface area contributed by atoms with Gasteiger partial charge in [0.25, 0.3) is 0 Å². The van der Waals surface area contributed by atoms with Crippen molar-refractivity contribution in [2.75, 3.05) is 5.32 Å². The third kappa shape index (κ3) is 3.82. The lowest BCUT2D eigenvalue weighted by atomic mass is 9.75. The van der Waals surface area contributed by atoms with E-state index in [2.05, 4.69) is 45.5 Å². The van der Waals surface area contributed by atoms with Gasteiger partial charge in [-0.05, 0) is 73.8 Å². The Balaban J connectivity index is 1.37. The summed E-state index contributed by atoms with van der Waals surface area (Å²) in [4.78, 5) is 27.2. The first-order valence-electron chi connectivity index (χ1n) is 11.5. The zero-order valence-electron chi connectivity index (χ0n) is 18.3. The van der Waals surface area contributed by atoms with E-state index in [-0.39, 0.29) is 23.2 Å². The lowest BCUT2D eigenvalue weighted by Gasteiger charge is -2.40. The van der Waals surface area contributed by atoms with Gasteiger partial charge in [-0.1, -0.05) is 57.1 Å². The molecule has 170 valence electrons. The molecule has 1 N–H and O–H groups in total.